The number of aliphatic hydroxyl groups is 1. The molecule has 0 amide bonds. The third-order valence-corrected chi connectivity index (χ3v) is 7.87. The SMILES string of the molecule is CCOC(=O)C(C)(C)Oc1ccc(-c2noc(CN3CCN(C[C@H](O)COc4ccc5sc(C)nc5c4)CC3)n2)cc1. The van der Waals surface area contributed by atoms with Crippen molar-refractivity contribution in [2.75, 3.05) is 45.9 Å². The van der Waals surface area contributed by atoms with Crippen LogP contribution in [0.25, 0.3) is 21.6 Å². The third kappa shape index (κ3) is 7.62. The Morgan fingerprint density at radius 1 is 1.07 bits per heavy atom. The summed E-state index contributed by atoms with van der Waals surface area (Å²) in [5, 5.41) is 15.7. The highest BCUT2D eigenvalue weighted by atomic mass is 32.1. The van der Waals surface area contributed by atoms with Crippen molar-refractivity contribution >= 4 is 27.5 Å². The number of aryl methyl sites for hydroxylation is 1. The van der Waals surface area contributed by atoms with Crippen LogP contribution in [0.2, 0.25) is 0 Å². The fraction of sp³-hybridized carbons (Fsp3) is 0.467. The lowest BCUT2D eigenvalue weighted by Gasteiger charge is -2.34. The van der Waals surface area contributed by atoms with Crippen molar-refractivity contribution in [3.63, 3.8) is 0 Å². The van der Waals surface area contributed by atoms with Gasteiger partial charge in [0.1, 0.15) is 24.2 Å². The summed E-state index contributed by atoms with van der Waals surface area (Å²) < 4.78 is 23.4. The monoisotopic (exact) mass is 595 g/mol. The number of benzene rings is 2. The molecular weight excluding hydrogens is 558 g/mol. The molecule has 2 aromatic heterocycles. The molecule has 0 spiro atoms. The largest absolute Gasteiger partial charge is 0.491 e. The molecule has 0 unspecified atom stereocenters. The van der Waals surface area contributed by atoms with Gasteiger partial charge in [0.2, 0.25) is 11.7 Å². The number of nitrogens with zero attached hydrogens (tertiary/aromatic N) is 5. The maximum absolute atomic E-state index is 12.1. The lowest BCUT2D eigenvalue weighted by molar-refractivity contribution is -0.158. The van der Waals surface area contributed by atoms with Crippen LogP contribution in [-0.2, 0) is 16.1 Å². The molecule has 11 nitrogen and oxygen atoms in total. The van der Waals surface area contributed by atoms with E-state index in [9.17, 15) is 9.90 Å². The van der Waals surface area contributed by atoms with Crippen LogP contribution < -0.4 is 9.47 Å². The van der Waals surface area contributed by atoms with Crippen LogP contribution in [0.5, 0.6) is 11.5 Å². The molecule has 3 heterocycles. The highest BCUT2D eigenvalue weighted by Gasteiger charge is 2.31. The van der Waals surface area contributed by atoms with Gasteiger partial charge in [0.25, 0.3) is 0 Å². The van der Waals surface area contributed by atoms with E-state index in [1.807, 2.05) is 37.3 Å². The van der Waals surface area contributed by atoms with Gasteiger partial charge in [-0.15, -0.1) is 11.3 Å². The zero-order valence-electron chi connectivity index (χ0n) is 24.4. The summed E-state index contributed by atoms with van der Waals surface area (Å²) in [5.74, 6) is 1.88. The molecular formula is C30H37N5O6S. The standard InChI is InChI=1S/C30H37N5O6S/c1-5-38-29(37)30(3,4)40-23-8-6-21(7-9-23)28-32-27(41-33-28)18-35-14-12-34(13-15-35)17-22(36)19-39-24-10-11-26-25(16-24)31-20(2)42-26/h6-11,16,22,36H,5,12-15,17-19H2,1-4H3/t22-/m0/s1. The van der Waals surface area contributed by atoms with Crippen molar-refractivity contribution in [3.8, 4) is 22.9 Å². The van der Waals surface area contributed by atoms with Gasteiger partial charge in [0.15, 0.2) is 5.60 Å². The Kier molecular flexibility index (Phi) is 9.37. The van der Waals surface area contributed by atoms with E-state index in [2.05, 4.69) is 24.9 Å². The van der Waals surface area contributed by atoms with E-state index in [0.29, 0.717) is 37.2 Å². The number of thiazole rings is 1. The van der Waals surface area contributed by atoms with Gasteiger partial charge in [0.05, 0.1) is 28.4 Å². The number of fused-ring (bicyclic) bond motifs is 1. The average molecular weight is 596 g/mol. The molecule has 1 fully saturated rings. The number of β-amino-alcohol motifs (C(OH)–C–C–N with tert-alkyl or cyclic N) is 1. The number of hydrogen-bond donors (Lipinski definition) is 1. The van der Waals surface area contributed by atoms with E-state index in [0.717, 1.165) is 52.7 Å². The lowest BCUT2D eigenvalue weighted by Crippen LogP contribution is -2.48. The van der Waals surface area contributed by atoms with E-state index in [-0.39, 0.29) is 6.61 Å². The summed E-state index contributed by atoms with van der Waals surface area (Å²) in [6, 6.07) is 13.1. The highest BCUT2D eigenvalue weighted by molar-refractivity contribution is 7.18. The molecule has 224 valence electrons. The molecule has 0 saturated carbocycles. The van der Waals surface area contributed by atoms with Gasteiger partial charge < -0.3 is 23.8 Å². The molecule has 4 aromatic rings. The van der Waals surface area contributed by atoms with E-state index < -0.39 is 17.7 Å². The second-order valence-electron chi connectivity index (χ2n) is 10.8. The van der Waals surface area contributed by atoms with Crippen LogP contribution in [-0.4, -0.2) is 93.6 Å². The molecule has 12 heteroatoms. The van der Waals surface area contributed by atoms with Crippen molar-refractivity contribution in [2.24, 2.45) is 0 Å². The second-order valence-corrected chi connectivity index (χ2v) is 12.0. The van der Waals surface area contributed by atoms with E-state index in [1.165, 1.54) is 0 Å². The quantitative estimate of drug-likeness (QED) is 0.240. The first-order valence-corrected chi connectivity index (χ1v) is 14.9. The lowest BCUT2D eigenvalue weighted by atomic mass is 10.1. The molecule has 5 rings (SSSR count). The highest BCUT2D eigenvalue weighted by Crippen LogP contribution is 2.26. The maximum Gasteiger partial charge on any atom is 0.349 e. The van der Waals surface area contributed by atoms with Crippen LogP contribution in [0.15, 0.2) is 47.0 Å². The summed E-state index contributed by atoms with van der Waals surface area (Å²) in [6.45, 7) is 12.0. The van der Waals surface area contributed by atoms with Crippen LogP contribution in [0.1, 0.15) is 31.7 Å². The molecule has 0 radical (unpaired) electrons. The van der Waals surface area contributed by atoms with Gasteiger partial charge >= 0.3 is 5.97 Å². The predicted octanol–water partition coefficient (Wildman–Crippen LogP) is 3.93. The van der Waals surface area contributed by atoms with Crippen molar-refractivity contribution in [1.29, 1.82) is 0 Å². The molecule has 0 bridgehead atoms. The van der Waals surface area contributed by atoms with Crippen LogP contribution >= 0.6 is 11.3 Å². The average Bonchev–Trinajstić information content (AvgIpc) is 3.58. The summed E-state index contributed by atoms with van der Waals surface area (Å²) in [7, 11) is 0. The third-order valence-electron chi connectivity index (χ3n) is 6.92. The van der Waals surface area contributed by atoms with Gasteiger partial charge in [-0.25, -0.2) is 9.78 Å². The predicted molar refractivity (Wildman–Crippen MR) is 159 cm³/mol. The summed E-state index contributed by atoms with van der Waals surface area (Å²) in [6.07, 6.45) is -0.587. The number of aliphatic hydroxyl groups excluding tert-OH is 1. The van der Waals surface area contributed by atoms with Crippen LogP contribution in [0.3, 0.4) is 0 Å². The Hall–Kier alpha value is -3.58. The fourth-order valence-corrected chi connectivity index (χ4v) is 5.53. The number of hydrogen-bond acceptors (Lipinski definition) is 12. The normalized spacial score (nSPS) is 15.5. The summed E-state index contributed by atoms with van der Waals surface area (Å²) >= 11 is 1.66. The number of aromatic nitrogens is 3. The van der Waals surface area contributed by atoms with E-state index in [1.54, 1.807) is 44.2 Å². The van der Waals surface area contributed by atoms with Gasteiger partial charge in [-0.1, -0.05) is 5.16 Å². The Balaban J connectivity index is 1.05. The molecule has 2 aromatic carbocycles. The number of carbonyl (C=O) groups excluding carboxylic acids is 1. The molecule has 1 aliphatic heterocycles. The summed E-state index contributed by atoms with van der Waals surface area (Å²) in [5.41, 5.74) is 0.617. The molecule has 1 atom stereocenters. The Labute approximate surface area is 249 Å². The first-order valence-electron chi connectivity index (χ1n) is 14.1. The molecule has 1 aliphatic rings. The van der Waals surface area contributed by atoms with Gasteiger partial charge in [-0.2, -0.15) is 4.98 Å². The van der Waals surface area contributed by atoms with Gasteiger partial charge in [-0.3, -0.25) is 9.80 Å². The maximum atomic E-state index is 12.1. The zero-order valence-corrected chi connectivity index (χ0v) is 25.2. The topological polar surface area (TPSA) is 123 Å². The first-order chi connectivity index (χ1) is 20.2. The number of esters is 1. The number of rotatable bonds is 12. The van der Waals surface area contributed by atoms with E-state index >= 15 is 0 Å². The molecule has 1 N–H and O–H groups in total. The minimum atomic E-state index is -1.09. The van der Waals surface area contributed by atoms with E-state index in [4.69, 9.17) is 18.7 Å². The van der Waals surface area contributed by atoms with Crippen molar-refractivity contribution in [2.45, 2.75) is 45.9 Å². The van der Waals surface area contributed by atoms with Crippen molar-refractivity contribution in [1.82, 2.24) is 24.9 Å². The van der Waals surface area contributed by atoms with Gasteiger partial charge in [0, 0.05) is 44.4 Å². The van der Waals surface area contributed by atoms with Crippen LogP contribution in [0.4, 0.5) is 0 Å². The fourth-order valence-electron chi connectivity index (χ4n) is 4.73. The summed E-state index contributed by atoms with van der Waals surface area (Å²) in [4.78, 5) is 25.7. The zero-order chi connectivity index (χ0) is 29.7. The Morgan fingerprint density at radius 3 is 2.52 bits per heavy atom. The second kappa shape index (κ2) is 13.2. The smallest absolute Gasteiger partial charge is 0.349 e. The molecule has 42 heavy (non-hydrogen) atoms. The minimum Gasteiger partial charge on any atom is -0.491 e. The Bertz CT molecular complexity index is 1480. The molecule has 1 saturated heterocycles. The van der Waals surface area contributed by atoms with Crippen molar-refractivity contribution in [3.05, 3.63) is 53.4 Å². The van der Waals surface area contributed by atoms with Crippen LogP contribution in [0, 0.1) is 6.92 Å². The number of ether oxygens (including phenoxy) is 3. The first kappa shape index (κ1) is 29.9. The molecule has 0 aliphatic carbocycles. The number of carbonyl (C=O) groups is 1. The minimum absolute atomic E-state index is 0.232. The van der Waals surface area contributed by atoms with Gasteiger partial charge in [-0.05, 0) is 64.1 Å². The Morgan fingerprint density at radius 2 is 1.79 bits per heavy atom. The van der Waals surface area contributed by atoms with Crippen molar-refractivity contribution < 1.29 is 28.6 Å². The number of piperazine rings is 1.